The number of nitrogens with zero attached hydrogens (tertiary/aromatic N) is 1. The predicted octanol–water partition coefficient (Wildman–Crippen LogP) is 4.97. The molecule has 168 valence electrons. The normalized spacial score (nSPS) is 30.1. The van der Waals surface area contributed by atoms with Gasteiger partial charge in [0.2, 0.25) is 0 Å². The van der Waals surface area contributed by atoms with Crippen LogP contribution in [0.4, 0.5) is 5.69 Å². The number of nitrogens with one attached hydrogen (secondary N) is 1. The topological polar surface area (TPSA) is 50.8 Å². The van der Waals surface area contributed by atoms with Crippen molar-refractivity contribution in [3.8, 4) is 5.75 Å². The second kappa shape index (κ2) is 10.6. The van der Waals surface area contributed by atoms with E-state index in [0.29, 0.717) is 19.1 Å². The molecule has 1 aliphatic carbocycles. The predicted molar refractivity (Wildman–Crippen MR) is 122 cm³/mol. The molecule has 1 aromatic rings. The average Bonchev–Trinajstić information content (AvgIpc) is 2.70. The summed E-state index contributed by atoms with van der Waals surface area (Å²) in [5.41, 5.74) is 0.114. The number of ether oxygens (including phenoxy) is 2. The molecular formula is C25H40N2O3. The third-order valence-electron chi connectivity index (χ3n) is 6.65. The summed E-state index contributed by atoms with van der Waals surface area (Å²) < 4.78 is 11.9. The largest absolute Gasteiger partial charge is 0.492 e. The van der Waals surface area contributed by atoms with E-state index in [4.69, 9.17) is 9.47 Å². The van der Waals surface area contributed by atoms with Crippen LogP contribution in [0.2, 0.25) is 0 Å². The summed E-state index contributed by atoms with van der Waals surface area (Å²) in [6, 6.07) is 7.72. The van der Waals surface area contributed by atoms with Crippen LogP contribution < -0.4 is 10.1 Å². The van der Waals surface area contributed by atoms with Gasteiger partial charge in [-0.05, 0) is 81.0 Å². The monoisotopic (exact) mass is 416 g/mol. The van der Waals surface area contributed by atoms with Crippen LogP contribution in [0, 0.1) is 17.8 Å². The fourth-order valence-electron chi connectivity index (χ4n) is 5.09. The molecule has 1 heterocycles. The summed E-state index contributed by atoms with van der Waals surface area (Å²) in [7, 11) is 0. The third-order valence-corrected chi connectivity index (χ3v) is 6.65. The molecule has 1 N–H and O–H groups in total. The summed E-state index contributed by atoms with van der Waals surface area (Å²) >= 11 is 0. The molecule has 1 saturated carbocycles. The van der Waals surface area contributed by atoms with Crippen molar-refractivity contribution in [2.24, 2.45) is 17.8 Å². The molecule has 1 aliphatic heterocycles. The number of hydrogen-bond donors (Lipinski definition) is 1. The van der Waals surface area contributed by atoms with Crippen molar-refractivity contribution >= 4 is 11.6 Å². The van der Waals surface area contributed by atoms with Gasteiger partial charge in [0.15, 0.2) is 0 Å². The number of likely N-dealkylation sites (tertiary alicyclic amines) is 1. The molecule has 0 unspecified atom stereocenters. The number of piperidine rings is 1. The van der Waals surface area contributed by atoms with Crippen molar-refractivity contribution in [1.29, 1.82) is 0 Å². The molecule has 3 rings (SSSR count). The first-order valence-corrected chi connectivity index (χ1v) is 11.8. The summed E-state index contributed by atoms with van der Waals surface area (Å²) in [6.07, 6.45) is 4.99. The number of carbonyl (C=O) groups excluding carboxylic acids is 1. The highest BCUT2D eigenvalue weighted by atomic mass is 16.5. The molecule has 2 atom stereocenters. The van der Waals surface area contributed by atoms with Crippen LogP contribution >= 0.6 is 0 Å². The molecule has 5 nitrogen and oxygen atoms in total. The minimum atomic E-state index is -0.681. The highest BCUT2D eigenvalue weighted by Gasteiger charge is 2.41. The van der Waals surface area contributed by atoms with Crippen LogP contribution in [-0.2, 0) is 9.53 Å². The Morgan fingerprint density at radius 2 is 1.70 bits per heavy atom. The van der Waals surface area contributed by atoms with E-state index in [1.165, 1.54) is 19.5 Å². The summed E-state index contributed by atoms with van der Waals surface area (Å²) in [4.78, 5) is 15.5. The summed E-state index contributed by atoms with van der Waals surface area (Å²) in [5.74, 6) is 3.03. The van der Waals surface area contributed by atoms with Gasteiger partial charge in [0.1, 0.15) is 18.0 Å². The molecule has 0 radical (unpaired) electrons. The Morgan fingerprint density at radius 1 is 1.07 bits per heavy atom. The fourth-order valence-corrected chi connectivity index (χ4v) is 5.09. The maximum Gasteiger partial charge on any atom is 0.256 e. The summed E-state index contributed by atoms with van der Waals surface area (Å²) in [5, 5.41) is 3.07. The smallest absolute Gasteiger partial charge is 0.256 e. The molecule has 1 amide bonds. The first-order chi connectivity index (χ1) is 14.4. The van der Waals surface area contributed by atoms with E-state index >= 15 is 0 Å². The van der Waals surface area contributed by atoms with Gasteiger partial charge in [0.25, 0.3) is 5.91 Å². The molecule has 0 spiro atoms. The van der Waals surface area contributed by atoms with Crippen LogP contribution in [0.1, 0.15) is 59.8 Å². The minimum Gasteiger partial charge on any atom is -0.492 e. The van der Waals surface area contributed by atoms with E-state index in [-0.39, 0.29) is 5.91 Å². The number of rotatable bonds is 8. The van der Waals surface area contributed by atoms with E-state index in [0.717, 1.165) is 55.5 Å². The third kappa shape index (κ3) is 6.21. The standard InChI is InChI=1S/C25H40N2O3/c1-5-30-25(12-10-19(2)11-13-25)24(28)26-22-6-8-23(9-7-22)29-15-14-27-17-20(3)16-21(4)18-27/h6-9,19-21H,5,10-18H2,1-4H3,(H,26,28)/t19?,20-,21-,25?/m0/s1. The van der Waals surface area contributed by atoms with Crippen molar-refractivity contribution < 1.29 is 14.3 Å². The van der Waals surface area contributed by atoms with Gasteiger partial charge >= 0.3 is 0 Å². The Balaban J connectivity index is 1.48. The van der Waals surface area contributed by atoms with E-state index in [9.17, 15) is 4.79 Å². The Morgan fingerprint density at radius 3 is 2.30 bits per heavy atom. The molecule has 5 heteroatoms. The van der Waals surface area contributed by atoms with E-state index in [1.54, 1.807) is 0 Å². The number of carbonyl (C=O) groups is 1. The number of benzene rings is 1. The van der Waals surface area contributed by atoms with Gasteiger partial charge in [-0.25, -0.2) is 0 Å². The fraction of sp³-hybridized carbons (Fsp3) is 0.720. The number of anilines is 1. The zero-order chi connectivity index (χ0) is 21.6. The van der Waals surface area contributed by atoms with Gasteiger partial charge in [0.05, 0.1) is 0 Å². The molecule has 1 aromatic carbocycles. The van der Waals surface area contributed by atoms with Gasteiger partial charge in [-0.1, -0.05) is 20.8 Å². The maximum absolute atomic E-state index is 13.0. The molecule has 30 heavy (non-hydrogen) atoms. The van der Waals surface area contributed by atoms with Gasteiger partial charge in [-0.2, -0.15) is 0 Å². The minimum absolute atomic E-state index is 0.0155. The van der Waals surface area contributed by atoms with Crippen LogP contribution in [-0.4, -0.2) is 49.3 Å². The lowest BCUT2D eigenvalue weighted by molar-refractivity contribution is -0.146. The van der Waals surface area contributed by atoms with E-state index in [2.05, 4.69) is 31.0 Å². The second-order valence-electron chi connectivity index (χ2n) is 9.64. The van der Waals surface area contributed by atoms with Crippen LogP contribution in [0.15, 0.2) is 24.3 Å². The molecule has 0 aromatic heterocycles. The first kappa shape index (κ1) is 23.1. The zero-order valence-electron chi connectivity index (χ0n) is 19.3. The lowest BCUT2D eigenvalue weighted by Gasteiger charge is -2.37. The lowest BCUT2D eigenvalue weighted by Crippen LogP contribution is -2.48. The zero-order valence-corrected chi connectivity index (χ0v) is 19.3. The number of amides is 1. The summed E-state index contributed by atoms with van der Waals surface area (Å²) in [6.45, 7) is 13.4. The molecular weight excluding hydrogens is 376 g/mol. The first-order valence-electron chi connectivity index (χ1n) is 11.8. The van der Waals surface area contributed by atoms with Gasteiger partial charge < -0.3 is 14.8 Å². The Labute approximate surface area is 182 Å². The average molecular weight is 417 g/mol. The lowest BCUT2D eigenvalue weighted by atomic mass is 9.78. The van der Waals surface area contributed by atoms with Crippen LogP contribution in [0.25, 0.3) is 0 Å². The Hall–Kier alpha value is -1.59. The molecule has 2 fully saturated rings. The van der Waals surface area contributed by atoms with Gasteiger partial charge in [-0.3, -0.25) is 9.69 Å². The SMILES string of the molecule is CCOC1(C(=O)Nc2ccc(OCCN3C[C@@H](C)C[C@H](C)C3)cc2)CCC(C)CC1. The maximum atomic E-state index is 13.0. The van der Waals surface area contributed by atoms with Crippen molar-refractivity contribution in [1.82, 2.24) is 4.90 Å². The Kier molecular flexibility index (Phi) is 8.18. The van der Waals surface area contributed by atoms with Gasteiger partial charge in [-0.15, -0.1) is 0 Å². The molecule has 1 saturated heterocycles. The highest BCUT2D eigenvalue weighted by molar-refractivity contribution is 5.97. The van der Waals surface area contributed by atoms with E-state index < -0.39 is 5.60 Å². The highest BCUT2D eigenvalue weighted by Crippen LogP contribution is 2.36. The molecule has 0 bridgehead atoms. The van der Waals surface area contributed by atoms with Crippen LogP contribution in [0.5, 0.6) is 5.75 Å². The van der Waals surface area contributed by atoms with Crippen LogP contribution in [0.3, 0.4) is 0 Å². The molecule has 2 aliphatic rings. The quantitative estimate of drug-likeness (QED) is 0.650. The number of hydrogen-bond acceptors (Lipinski definition) is 4. The van der Waals surface area contributed by atoms with Crippen molar-refractivity contribution in [3.63, 3.8) is 0 Å². The van der Waals surface area contributed by atoms with Crippen molar-refractivity contribution in [2.45, 2.75) is 65.4 Å². The second-order valence-corrected chi connectivity index (χ2v) is 9.64. The van der Waals surface area contributed by atoms with Gasteiger partial charge in [0, 0.05) is 31.9 Å². The van der Waals surface area contributed by atoms with Crippen molar-refractivity contribution in [2.75, 3.05) is 38.2 Å². The Bertz CT molecular complexity index is 657. The van der Waals surface area contributed by atoms with Crippen molar-refractivity contribution in [3.05, 3.63) is 24.3 Å². The van der Waals surface area contributed by atoms with E-state index in [1.807, 2.05) is 31.2 Å².